The first-order chi connectivity index (χ1) is 13.7. The summed E-state index contributed by atoms with van der Waals surface area (Å²) in [4.78, 5) is 12.4. The highest BCUT2D eigenvalue weighted by Gasteiger charge is 2.09. The van der Waals surface area contributed by atoms with Gasteiger partial charge in [0.1, 0.15) is 11.5 Å². The minimum absolute atomic E-state index is 0.155. The molecule has 0 saturated heterocycles. The van der Waals surface area contributed by atoms with Crippen LogP contribution in [0.2, 0.25) is 0 Å². The van der Waals surface area contributed by atoms with Gasteiger partial charge in [-0.05, 0) is 83.5 Å². The van der Waals surface area contributed by atoms with E-state index < -0.39 is 0 Å². The van der Waals surface area contributed by atoms with E-state index in [0.717, 1.165) is 33.6 Å². The molecule has 3 aromatic carbocycles. The van der Waals surface area contributed by atoms with Gasteiger partial charge < -0.3 is 14.8 Å². The molecule has 1 amide bonds. The Balaban J connectivity index is 1.48. The van der Waals surface area contributed by atoms with E-state index in [1.165, 1.54) is 5.56 Å². The lowest BCUT2D eigenvalue weighted by Crippen LogP contribution is -2.12. The van der Waals surface area contributed by atoms with Crippen LogP contribution in [0.15, 0.2) is 72.8 Å². The number of hydrogen-bond donors (Lipinski definition) is 1. The van der Waals surface area contributed by atoms with Gasteiger partial charge >= 0.3 is 0 Å². The van der Waals surface area contributed by atoms with Crippen molar-refractivity contribution >= 4 is 34.2 Å². The lowest BCUT2D eigenvalue weighted by atomic mass is 10.1. The number of carbonyl (C=O) groups excluding carboxylic acids is 1. The number of halogens is 1. The van der Waals surface area contributed by atoms with Gasteiger partial charge in [-0.1, -0.05) is 30.3 Å². The Hall–Kier alpha value is -2.54. The van der Waals surface area contributed by atoms with E-state index in [2.05, 4.69) is 52.2 Å². The van der Waals surface area contributed by atoms with E-state index in [0.29, 0.717) is 12.2 Å². The number of methoxy groups -OCH3 is 1. The summed E-state index contributed by atoms with van der Waals surface area (Å²) >= 11 is 2.15. The number of nitrogens with one attached hydrogen (secondary N) is 1. The molecule has 5 heteroatoms. The SMILES string of the molecule is COc1ccc(C(=O)Nc2ccc(OCCCc3ccccc3)cc2)cc1I. The van der Waals surface area contributed by atoms with Gasteiger partial charge in [-0.15, -0.1) is 0 Å². The molecule has 0 aliphatic rings. The lowest BCUT2D eigenvalue weighted by Gasteiger charge is -2.09. The first kappa shape index (κ1) is 20.2. The summed E-state index contributed by atoms with van der Waals surface area (Å²) in [6.07, 6.45) is 1.95. The summed E-state index contributed by atoms with van der Waals surface area (Å²) in [5, 5.41) is 2.90. The van der Waals surface area contributed by atoms with Gasteiger partial charge in [0.15, 0.2) is 0 Å². The second-order valence-corrected chi connectivity index (χ2v) is 7.43. The normalized spacial score (nSPS) is 10.4. The first-order valence-electron chi connectivity index (χ1n) is 9.07. The molecule has 3 aromatic rings. The van der Waals surface area contributed by atoms with Crippen LogP contribution in [0, 0.1) is 3.57 Å². The third-order valence-corrected chi connectivity index (χ3v) is 5.09. The fraction of sp³-hybridized carbons (Fsp3) is 0.174. The van der Waals surface area contributed by atoms with Crippen LogP contribution in [-0.2, 0) is 6.42 Å². The molecule has 0 aromatic heterocycles. The van der Waals surface area contributed by atoms with Crippen molar-refractivity contribution in [1.82, 2.24) is 0 Å². The third kappa shape index (κ3) is 5.73. The number of benzene rings is 3. The predicted octanol–water partition coefficient (Wildman–Crippen LogP) is 5.56. The van der Waals surface area contributed by atoms with Crippen molar-refractivity contribution < 1.29 is 14.3 Å². The van der Waals surface area contributed by atoms with Gasteiger partial charge in [-0.2, -0.15) is 0 Å². The van der Waals surface area contributed by atoms with Crippen LogP contribution < -0.4 is 14.8 Å². The van der Waals surface area contributed by atoms with Gasteiger partial charge in [0.2, 0.25) is 0 Å². The Morgan fingerprint density at radius 2 is 1.75 bits per heavy atom. The number of carbonyl (C=O) groups is 1. The monoisotopic (exact) mass is 487 g/mol. The quantitative estimate of drug-likeness (QED) is 0.334. The number of rotatable bonds is 8. The molecule has 0 saturated carbocycles. The minimum Gasteiger partial charge on any atom is -0.496 e. The maximum Gasteiger partial charge on any atom is 0.255 e. The largest absolute Gasteiger partial charge is 0.496 e. The number of amides is 1. The molecule has 0 atom stereocenters. The summed E-state index contributed by atoms with van der Waals surface area (Å²) < 4.78 is 11.9. The number of aryl methyl sites for hydroxylation is 1. The van der Waals surface area contributed by atoms with Gasteiger partial charge in [-0.3, -0.25) is 4.79 Å². The molecule has 4 nitrogen and oxygen atoms in total. The summed E-state index contributed by atoms with van der Waals surface area (Å²) in [5.74, 6) is 1.40. The molecule has 1 N–H and O–H groups in total. The predicted molar refractivity (Wildman–Crippen MR) is 120 cm³/mol. The summed E-state index contributed by atoms with van der Waals surface area (Å²) in [5.41, 5.74) is 2.64. The molecular formula is C23H22INO3. The summed E-state index contributed by atoms with van der Waals surface area (Å²) in [6, 6.07) is 23.2. The molecule has 0 aliphatic heterocycles. The molecule has 0 fully saturated rings. The lowest BCUT2D eigenvalue weighted by molar-refractivity contribution is 0.102. The first-order valence-corrected chi connectivity index (χ1v) is 10.2. The van der Waals surface area contributed by atoms with Crippen molar-refractivity contribution in [2.45, 2.75) is 12.8 Å². The zero-order chi connectivity index (χ0) is 19.8. The smallest absolute Gasteiger partial charge is 0.255 e. The molecular weight excluding hydrogens is 465 g/mol. The topological polar surface area (TPSA) is 47.6 Å². The van der Waals surface area contributed by atoms with Crippen LogP contribution in [0.25, 0.3) is 0 Å². The van der Waals surface area contributed by atoms with E-state index >= 15 is 0 Å². The second kappa shape index (κ2) is 10.1. The molecule has 3 rings (SSSR count). The van der Waals surface area contributed by atoms with Crippen molar-refractivity contribution in [2.24, 2.45) is 0 Å². The zero-order valence-corrected chi connectivity index (χ0v) is 17.8. The standard InChI is InChI=1S/C23H22INO3/c1-27-22-14-9-18(16-21(22)24)23(26)25-19-10-12-20(13-11-19)28-15-5-8-17-6-3-2-4-7-17/h2-4,6-7,9-14,16H,5,8,15H2,1H3,(H,25,26). The Morgan fingerprint density at radius 3 is 2.43 bits per heavy atom. The van der Waals surface area contributed by atoms with Gasteiger partial charge in [0.05, 0.1) is 17.3 Å². The average molecular weight is 487 g/mol. The highest BCUT2D eigenvalue weighted by Crippen LogP contribution is 2.22. The molecule has 0 spiro atoms. The van der Waals surface area contributed by atoms with E-state index in [9.17, 15) is 4.79 Å². The zero-order valence-electron chi connectivity index (χ0n) is 15.7. The Labute approximate surface area is 179 Å². The minimum atomic E-state index is -0.155. The second-order valence-electron chi connectivity index (χ2n) is 6.27. The number of ether oxygens (including phenoxy) is 2. The highest BCUT2D eigenvalue weighted by atomic mass is 127. The van der Waals surface area contributed by atoms with Gasteiger partial charge in [0, 0.05) is 11.3 Å². The van der Waals surface area contributed by atoms with Crippen molar-refractivity contribution in [1.29, 1.82) is 0 Å². The Morgan fingerprint density at radius 1 is 1.00 bits per heavy atom. The maximum absolute atomic E-state index is 12.4. The average Bonchev–Trinajstić information content (AvgIpc) is 2.73. The molecule has 28 heavy (non-hydrogen) atoms. The molecule has 0 radical (unpaired) electrons. The van der Waals surface area contributed by atoms with Gasteiger partial charge in [0.25, 0.3) is 5.91 Å². The highest BCUT2D eigenvalue weighted by molar-refractivity contribution is 14.1. The Bertz CT molecular complexity index is 911. The maximum atomic E-state index is 12.4. The van der Waals surface area contributed by atoms with Crippen LogP contribution in [0.3, 0.4) is 0 Å². The number of anilines is 1. The fourth-order valence-electron chi connectivity index (χ4n) is 2.76. The molecule has 0 heterocycles. The van der Waals surface area contributed by atoms with E-state index in [4.69, 9.17) is 9.47 Å². The van der Waals surface area contributed by atoms with Crippen molar-refractivity contribution in [2.75, 3.05) is 19.0 Å². The number of hydrogen-bond acceptors (Lipinski definition) is 3. The van der Waals surface area contributed by atoms with Gasteiger partial charge in [-0.25, -0.2) is 0 Å². The molecule has 0 unspecified atom stereocenters. The summed E-state index contributed by atoms with van der Waals surface area (Å²) in [6.45, 7) is 0.658. The summed E-state index contributed by atoms with van der Waals surface area (Å²) in [7, 11) is 1.61. The van der Waals surface area contributed by atoms with E-state index in [1.807, 2.05) is 30.3 Å². The van der Waals surface area contributed by atoms with Crippen LogP contribution in [-0.4, -0.2) is 19.6 Å². The van der Waals surface area contributed by atoms with E-state index in [1.54, 1.807) is 25.3 Å². The van der Waals surface area contributed by atoms with Crippen molar-refractivity contribution in [3.05, 3.63) is 87.5 Å². The van der Waals surface area contributed by atoms with Crippen LogP contribution in [0.4, 0.5) is 5.69 Å². The third-order valence-electron chi connectivity index (χ3n) is 4.25. The molecule has 144 valence electrons. The van der Waals surface area contributed by atoms with Crippen molar-refractivity contribution in [3.63, 3.8) is 0 Å². The Kier molecular flexibility index (Phi) is 7.31. The van der Waals surface area contributed by atoms with E-state index in [-0.39, 0.29) is 5.91 Å². The molecule has 0 bridgehead atoms. The van der Waals surface area contributed by atoms with Crippen LogP contribution in [0.5, 0.6) is 11.5 Å². The van der Waals surface area contributed by atoms with Crippen molar-refractivity contribution in [3.8, 4) is 11.5 Å². The molecule has 0 aliphatic carbocycles. The van der Waals surface area contributed by atoms with Crippen LogP contribution >= 0.6 is 22.6 Å². The van der Waals surface area contributed by atoms with Crippen LogP contribution in [0.1, 0.15) is 22.3 Å². The fourth-order valence-corrected chi connectivity index (χ4v) is 3.49.